The van der Waals surface area contributed by atoms with Gasteiger partial charge in [0.05, 0.1) is 5.41 Å². The average Bonchev–Trinajstić information content (AvgIpc) is 3.07. The van der Waals surface area contributed by atoms with Gasteiger partial charge in [-0.15, -0.1) is 0 Å². The highest BCUT2D eigenvalue weighted by molar-refractivity contribution is 6.01. The van der Waals surface area contributed by atoms with E-state index in [0.29, 0.717) is 11.3 Å². The van der Waals surface area contributed by atoms with E-state index in [1.54, 1.807) is 36.4 Å². The van der Waals surface area contributed by atoms with Crippen molar-refractivity contribution in [3.8, 4) is 0 Å². The third kappa shape index (κ3) is 3.02. The van der Waals surface area contributed by atoms with Gasteiger partial charge >= 0.3 is 0 Å². The molecule has 0 bridgehead atoms. The number of rotatable bonds is 4. The molecule has 24 heavy (non-hydrogen) atoms. The molecule has 0 heterocycles. The number of hydrogen-bond donors (Lipinski definition) is 2. The monoisotopic (exact) mass is 326 g/mol. The van der Waals surface area contributed by atoms with Crippen molar-refractivity contribution >= 4 is 17.5 Å². The fourth-order valence-electron chi connectivity index (χ4n) is 3.40. The summed E-state index contributed by atoms with van der Waals surface area (Å²) in [4.78, 5) is 24.3. The first-order valence-corrected chi connectivity index (χ1v) is 7.99. The zero-order chi connectivity index (χ0) is 17.2. The maximum absolute atomic E-state index is 13.2. The number of nitrogens with one attached hydrogen (secondary N) is 1. The zero-order valence-corrected chi connectivity index (χ0v) is 13.2. The molecule has 4 nitrogen and oxygen atoms in total. The Morgan fingerprint density at radius 3 is 2.33 bits per heavy atom. The van der Waals surface area contributed by atoms with Crippen molar-refractivity contribution in [2.75, 3.05) is 5.32 Å². The van der Waals surface area contributed by atoms with Crippen LogP contribution >= 0.6 is 0 Å². The molecule has 3 rings (SSSR count). The Kier molecular flexibility index (Phi) is 4.34. The van der Waals surface area contributed by atoms with Gasteiger partial charge in [-0.25, -0.2) is 4.39 Å². The van der Waals surface area contributed by atoms with Crippen LogP contribution in [0.25, 0.3) is 0 Å². The molecule has 1 aliphatic rings. The fourth-order valence-corrected chi connectivity index (χ4v) is 3.40. The first-order chi connectivity index (χ1) is 11.5. The van der Waals surface area contributed by atoms with Crippen LogP contribution in [-0.4, -0.2) is 11.8 Å². The molecule has 124 valence electrons. The summed E-state index contributed by atoms with van der Waals surface area (Å²) in [5.41, 5.74) is 6.32. The lowest BCUT2D eigenvalue weighted by atomic mass is 9.78. The lowest BCUT2D eigenvalue weighted by molar-refractivity contribution is -0.121. The van der Waals surface area contributed by atoms with Gasteiger partial charge < -0.3 is 11.1 Å². The van der Waals surface area contributed by atoms with Crippen molar-refractivity contribution in [3.63, 3.8) is 0 Å². The molecule has 0 aromatic heterocycles. The number of halogens is 1. The number of hydrogen-bond acceptors (Lipinski definition) is 2. The van der Waals surface area contributed by atoms with Crippen molar-refractivity contribution in [2.24, 2.45) is 5.73 Å². The first kappa shape index (κ1) is 16.2. The Balaban J connectivity index is 1.89. The molecule has 3 N–H and O–H groups in total. The highest BCUT2D eigenvalue weighted by Gasteiger charge is 2.42. The molecule has 2 aromatic carbocycles. The second-order valence-electron chi connectivity index (χ2n) is 6.20. The second-order valence-corrected chi connectivity index (χ2v) is 6.20. The predicted octanol–water partition coefficient (Wildman–Crippen LogP) is 3.38. The first-order valence-electron chi connectivity index (χ1n) is 7.99. The van der Waals surface area contributed by atoms with Gasteiger partial charge in [0.2, 0.25) is 11.8 Å². The van der Waals surface area contributed by atoms with E-state index in [-0.39, 0.29) is 11.7 Å². The molecule has 1 saturated carbocycles. The van der Waals surface area contributed by atoms with E-state index in [4.69, 9.17) is 5.73 Å². The van der Waals surface area contributed by atoms with Crippen molar-refractivity contribution in [2.45, 2.75) is 31.1 Å². The Hall–Kier alpha value is -2.69. The molecule has 0 radical (unpaired) electrons. The van der Waals surface area contributed by atoms with E-state index in [2.05, 4.69) is 5.32 Å². The Bertz CT molecular complexity index is 765. The van der Waals surface area contributed by atoms with E-state index < -0.39 is 11.3 Å². The number of carbonyl (C=O) groups is 2. The van der Waals surface area contributed by atoms with Gasteiger partial charge in [-0.05, 0) is 48.7 Å². The maximum atomic E-state index is 13.2. The van der Waals surface area contributed by atoms with Crippen LogP contribution in [0, 0.1) is 5.82 Å². The molecule has 0 saturated heterocycles. The van der Waals surface area contributed by atoms with Gasteiger partial charge in [0, 0.05) is 11.3 Å². The molecule has 1 fully saturated rings. The van der Waals surface area contributed by atoms with Crippen molar-refractivity contribution in [1.82, 2.24) is 0 Å². The van der Waals surface area contributed by atoms with Crippen molar-refractivity contribution < 1.29 is 14.0 Å². The third-order valence-corrected chi connectivity index (χ3v) is 4.69. The maximum Gasteiger partial charge on any atom is 0.248 e. The summed E-state index contributed by atoms with van der Waals surface area (Å²) in [7, 11) is 0. The highest BCUT2D eigenvalue weighted by Crippen LogP contribution is 2.42. The smallest absolute Gasteiger partial charge is 0.248 e. The van der Waals surface area contributed by atoms with Crippen LogP contribution in [0.4, 0.5) is 10.1 Å². The number of anilines is 1. The number of nitrogens with two attached hydrogens (primary N) is 1. The van der Waals surface area contributed by atoms with E-state index in [0.717, 1.165) is 31.2 Å². The Morgan fingerprint density at radius 2 is 1.71 bits per heavy atom. The Morgan fingerprint density at radius 1 is 1.04 bits per heavy atom. The molecular formula is C19H19FN2O2. The van der Waals surface area contributed by atoms with Gasteiger partial charge in [-0.1, -0.05) is 31.0 Å². The van der Waals surface area contributed by atoms with Crippen LogP contribution in [-0.2, 0) is 10.2 Å². The minimum atomic E-state index is -0.656. The fraction of sp³-hybridized carbons (Fsp3) is 0.263. The third-order valence-electron chi connectivity index (χ3n) is 4.69. The van der Waals surface area contributed by atoms with Crippen LogP contribution in [0.15, 0.2) is 48.5 Å². The number of primary amides is 1. The summed E-state index contributed by atoms with van der Waals surface area (Å²) in [5, 5.41) is 2.89. The number of carbonyl (C=O) groups excluding carboxylic acids is 2. The lowest BCUT2D eigenvalue weighted by Gasteiger charge is -2.28. The second kappa shape index (κ2) is 6.43. The molecule has 2 amide bonds. The van der Waals surface area contributed by atoms with Crippen LogP contribution < -0.4 is 11.1 Å². The molecule has 0 unspecified atom stereocenters. The highest BCUT2D eigenvalue weighted by atomic mass is 19.1. The van der Waals surface area contributed by atoms with Gasteiger partial charge in [-0.3, -0.25) is 9.59 Å². The summed E-state index contributed by atoms with van der Waals surface area (Å²) in [6.45, 7) is 0. The Labute approximate surface area is 139 Å². The molecule has 0 spiro atoms. The predicted molar refractivity (Wildman–Crippen MR) is 90.1 cm³/mol. The summed E-state index contributed by atoms with van der Waals surface area (Å²) >= 11 is 0. The quantitative estimate of drug-likeness (QED) is 0.904. The molecule has 1 aliphatic carbocycles. The standard InChI is InChI=1S/C19H19FN2O2/c20-15-8-6-14(7-9-15)19(10-1-2-11-19)18(24)22-16-5-3-4-13(12-16)17(21)23/h3-9,12H,1-2,10-11H2,(H2,21,23)(H,22,24). The van der Waals surface area contributed by atoms with Crippen LogP contribution in [0.1, 0.15) is 41.6 Å². The van der Waals surface area contributed by atoms with Gasteiger partial charge in [-0.2, -0.15) is 0 Å². The van der Waals surface area contributed by atoms with Crippen molar-refractivity contribution in [3.05, 3.63) is 65.5 Å². The zero-order valence-electron chi connectivity index (χ0n) is 13.2. The summed E-state index contributed by atoms with van der Waals surface area (Å²) in [6.07, 6.45) is 3.35. The van der Waals surface area contributed by atoms with E-state index in [9.17, 15) is 14.0 Å². The minimum absolute atomic E-state index is 0.131. The average molecular weight is 326 g/mol. The minimum Gasteiger partial charge on any atom is -0.366 e. The number of benzene rings is 2. The van der Waals surface area contributed by atoms with Gasteiger partial charge in [0.1, 0.15) is 5.82 Å². The van der Waals surface area contributed by atoms with Crippen LogP contribution in [0.2, 0.25) is 0 Å². The van der Waals surface area contributed by atoms with E-state index in [1.165, 1.54) is 12.1 Å². The molecular weight excluding hydrogens is 307 g/mol. The van der Waals surface area contributed by atoms with E-state index in [1.807, 2.05) is 0 Å². The molecule has 5 heteroatoms. The topological polar surface area (TPSA) is 72.2 Å². The molecule has 0 atom stereocenters. The summed E-state index contributed by atoms with van der Waals surface area (Å²) in [6, 6.07) is 12.7. The molecule has 2 aromatic rings. The SMILES string of the molecule is NC(=O)c1cccc(NC(=O)C2(c3ccc(F)cc3)CCCC2)c1. The lowest BCUT2D eigenvalue weighted by Crippen LogP contribution is -2.38. The molecule has 0 aliphatic heterocycles. The van der Waals surface area contributed by atoms with Crippen molar-refractivity contribution in [1.29, 1.82) is 0 Å². The summed E-state index contributed by atoms with van der Waals surface area (Å²) < 4.78 is 13.2. The normalized spacial score (nSPS) is 15.9. The van der Waals surface area contributed by atoms with Gasteiger partial charge in [0.25, 0.3) is 0 Å². The number of amides is 2. The van der Waals surface area contributed by atoms with Gasteiger partial charge in [0.15, 0.2) is 0 Å². The largest absolute Gasteiger partial charge is 0.366 e. The van der Waals surface area contributed by atoms with Crippen LogP contribution in [0.5, 0.6) is 0 Å². The summed E-state index contributed by atoms with van der Waals surface area (Å²) in [5.74, 6) is -0.991. The van der Waals surface area contributed by atoms with Crippen LogP contribution in [0.3, 0.4) is 0 Å². The van der Waals surface area contributed by atoms with E-state index >= 15 is 0 Å².